The molecule has 0 atom stereocenters. The molecule has 5 heteroatoms. The van der Waals surface area contributed by atoms with Gasteiger partial charge in [-0.1, -0.05) is 22.5 Å². The van der Waals surface area contributed by atoms with Gasteiger partial charge in [0, 0.05) is 11.2 Å². The largest absolute Gasteiger partial charge is 0.312 e. The van der Waals surface area contributed by atoms with Gasteiger partial charge in [-0.05, 0) is 18.2 Å². The zero-order valence-corrected chi connectivity index (χ0v) is 9.24. The molecule has 1 rings (SSSR count). The summed E-state index contributed by atoms with van der Waals surface area (Å²) in [5, 5.41) is 3.83. The van der Waals surface area contributed by atoms with E-state index in [-0.39, 0.29) is 6.67 Å². The van der Waals surface area contributed by atoms with Crippen LogP contribution in [0.4, 0.5) is 0 Å². The van der Waals surface area contributed by atoms with Crippen molar-refractivity contribution in [2.45, 2.75) is 0 Å². The van der Waals surface area contributed by atoms with Crippen LogP contribution in [0.1, 0.15) is 5.69 Å². The van der Waals surface area contributed by atoms with Gasteiger partial charge >= 0.3 is 0 Å². The summed E-state index contributed by atoms with van der Waals surface area (Å²) in [7, 11) is 0. The van der Waals surface area contributed by atoms with Gasteiger partial charge in [0.25, 0.3) is 0 Å². The van der Waals surface area contributed by atoms with Gasteiger partial charge in [0.1, 0.15) is 0 Å². The average molecular weight is 255 g/mol. The van der Waals surface area contributed by atoms with Crippen LogP contribution >= 0.6 is 15.9 Å². The normalized spacial score (nSPS) is 11.4. The second kappa shape index (κ2) is 4.88. The van der Waals surface area contributed by atoms with Crippen LogP contribution in [0.5, 0.6) is 0 Å². The minimum absolute atomic E-state index is 0.211. The first-order chi connectivity index (χ1) is 6.72. The van der Waals surface area contributed by atoms with Crippen LogP contribution < -0.4 is 11.2 Å². The molecule has 0 amide bonds. The number of hydrogen-bond donors (Lipinski definition) is 1. The van der Waals surface area contributed by atoms with Gasteiger partial charge in [-0.2, -0.15) is 5.10 Å². The highest BCUT2D eigenvalue weighted by molar-refractivity contribution is 9.10. The van der Waals surface area contributed by atoms with Crippen LogP contribution in [0.25, 0.3) is 6.08 Å². The lowest BCUT2D eigenvalue weighted by Crippen LogP contribution is -2.20. The van der Waals surface area contributed by atoms with Crippen molar-refractivity contribution in [3.63, 3.8) is 0 Å². The van der Waals surface area contributed by atoms with Gasteiger partial charge in [0.05, 0.1) is 12.4 Å². The van der Waals surface area contributed by atoms with E-state index in [9.17, 15) is 0 Å². The van der Waals surface area contributed by atoms with Crippen LogP contribution in [0, 0.1) is 0 Å². The number of rotatable bonds is 3. The van der Waals surface area contributed by atoms with E-state index in [1.54, 1.807) is 10.8 Å². The topological polar surface area (TPSA) is 55.7 Å². The average Bonchev–Trinajstić information content (AvgIpc) is 2.17. The third-order valence-electron chi connectivity index (χ3n) is 1.62. The van der Waals surface area contributed by atoms with Gasteiger partial charge in [-0.25, -0.2) is 4.68 Å². The first-order valence-electron chi connectivity index (χ1n) is 3.95. The van der Waals surface area contributed by atoms with E-state index in [2.05, 4.69) is 39.3 Å². The SMILES string of the molecule is C=Cc1cc(Br)c/c(=N/CN)n1N=C. The van der Waals surface area contributed by atoms with E-state index in [4.69, 9.17) is 5.73 Å². The number of pyridine rings is 1. The predicted molar refractivity (Wildman–Crippen MR) is 61.8 cm³/mol. The number of halogens is 1. The van der Waals surface area contributed by atoms with Crippen molar-refractivity contribution in [3.05, 3.63) is 34.4 Å². The summed E-state index contributed by atoms with van der Waals surface area (Å²) in [5.41, 5.74) is 6.79. The second-order valence-electron chi connectivity index (χ2n) is 2.45. The lowest BCUT2D eigenvalue weighted by Gasteiger charge is -2.05. The Morgan fingerprint density at radius 3 is 2.79 bits per heavy atom. The summed E-state index contributed by atoms with van der Waals surface area (Å²) in [5.74, 6) is 0. The molecule has 4 nitrogen and oxygen atoms in total. The predicted octanol–water partition coefficient (Wildman–Crippen LogP) is 1.17. The van der Waals surface area contributed by atoms with E-state index in [1.165, 1.54) is 0 Å². The maximum Gasteiger partial charge on any atom is 0.151 e. The first-order valence-corrected chi connectivity index (χ1v) is 4.75. The molecular formula is C9H11BrN4. The molecule has 0 radical (unpaired) electrons. The van der Waals surface area contributed by atoms with Crippen LogP contribution in [0.15, 0.2) is 33.3 Å². The van der Waals surface area contributed by atoms with Gasteiger partial charge in [0.2, 0.25) is 0 Å². The van der Waals surface area contributed by atoms with Crippen LogP contribution in [-0.2, 0) is 0 Å². The number of aromatic nitrogens is 1. The number of nitrogens with zero attached hydrogens (tertiary/aromatic N) is 3. The fourth-order valence-corrected chi connectivity index (χ4v) is 1.51. The zero-order valence-electron chi connectivity index (χ0n) is 7.65. The molecule has 14 heavy (non-hydrogen) atoms. The van der Waals surface area contributed by atoms with Gasteiger partial charge < -0.3 is 5.73 Å². The second-order valence-corrected chi connectivity index (χ2v) is 3.37. The lowest BCUT2D eigenvalue weighted by atomic mass is 10.3. The van der Waals surface area contributed by atoms with Gasteiger partial charge in [0.15, 0.2) is 5.49 Å². The molecule has 0 fully saturated rings. The number of hydrogen-bond acceptors (Lipinski definition) is 3. The standard InChI is InChI=1S/C9H11BrN4/c1-3-8-4-7(10)5-9(13-6-11)14(8)12-2/h3-5H,1-2,6,11H2/b13-9-. The fourth-order valence-electron chi connectivity index (χ4n) is 1.07. The molecule has 0 aliphatic heterocycles. The fraction of sp³-hybridized carbons (Fsp3) is 0.111. The van der Waals surface area contributed by atoms with E-state index >= 15 is 0 Å². The van der Waals surface area contributed by atoms with Crippen molar-refractivity contribution < 1.29 is 0 Å². The van der Waals surface area contributed by atoms with Gasteiger partial charge in [-0.3, -0.25) is 4.99 Å². The first kappa shape index (κ1) is 10.9. The molecular weight excluding hydrogens is 244 g/mol. The Labute approximate surface area is 90.6 Å². The third-order valence-corrected chi connectivity index (χ3v) is 2.08. The Hall–Kier alpha value is -1.20. The molecule has 0 spiro atoms. The molecule has 1 aromatic heterocycles. The van der Waals surface area contributed by atoms with Crippen molar-refractivity contribution in [1.29, 1.82) is 0 Å². The molecule has 0 bridgehead atoms. The van der Waals surface area contributed by atoms with E-state index in [0.717, 1.165) is 10.2 Å². The summed E-state index contributed by atoms with van der Waals surface area (Å²) in [6, 6.07) is 3.69. The molecule has 74 valence electrons. The molecule has 0 unspecified atom stereocenters. The number of nitrogens with two attached hydrogens (primary N) is 1. The molecule has 2 N–H and O–H groups in total. The zero-order chi connectivity index (χ0) is 10.6. The highest BCUT2D eigenvalue weighted by Crippen LogP contribution is 2.09. The molecule has 0 saturated carbocycles. The summed E-state index contributed by atoms with van der Waals surface area (Å²) in [6.07, 6.45) is 1.68. The van der Waals surface area contributed by atoms with Crippen LogP contribution in [-0.4, -0.2) is 18.1 Å². The quantitative estimate of drug-likeness (QED) is 0.810. The summed E-state index contributed by atoms with van der Waals surface area (Å²) < 4.78 is 2.48. The maximum absolute atomic E-state index is 5.34. The highest BCUT2D eigenvalue weighted by Gasteiger charge is 1.98. The Bertz CT molecular complexity index is 419. The summed E-state index contributed by atoms with van der Waals surface area (Å²) in [6.45, 7) is 7.35. The monoisotopic (exact) mass is 254 g/mol. The van der Waals surface area contributed by atoms with Crippen molar-refractivity contribution in [3.8, 4) is 0 Å². The van der Waals surface area contributed by atoms with Crippen LogP contribution in [0.2, 0.25) is 0 Å². The maximum atomic E-state index is 5.34. The van der Waals surface area contributed by atoms with E-state index in [0.29, 0.717) is 5.49 Å². The molecule has 0 aromatic carbocycles. The molecule has 1 heterocycles. The minimum Gasteiger partial charge on any atom is -0.312 e. The molecule has 0 saturated heterocycles. The van der Waals surface area contributed by atoms with Crippen molar-refractivity contribution in [2.24, 2.45) is 15.8 Å². The summed E-state index contributed by atoms with van der Waals surface area (Å²) in [4.78, 5) is 4.08. The smallest absolute Gasteiger partial charge is 0.151 e. The lowest BCUT2D eigenvalue weighted by molar-refractivity contribution is 0.777. The highest BCUT2D eigenvalue weighted by atomic mass is 79.9. The Morgan fingerprint density at radius 1 is 1.57 bits per heavy atom. The molecule has 0 aliphatic rings. The Kier molecular flexibility index (Phi) is 3.79. The molecule has 1 aromatic rings. The Balaban J connectivity index is 3.55. The van der Waals surface area contributed by atoms with Gasteiger partial charge in [-0.15, -0.1) is 0 Å². The van der Waals surface area contributed by atoms with Crippen LogP contribution in [0.3, 0.4) is 0 Å². The minimum atomic E-state index is 0.211. The third kappa shape index (κ3) is 2.18. The van der Waals surface area contributed by atoms with Crippen molar-refractivity contribution in [2.75, 3.05) is 6.67 Å². The van der Waals surface area contributed by atoms with E-state index < -0.39 is 0 Å². The van der Waals surface area contributed by atoms with Crippen molar-refractivity contribution >= 4 is 28.7 Å². The van der Waals surface area contributed by atoms with E-state index in [1.807, 2.05) is 12.1 Å². The van der Waals surface area contributed by atoms with Crippen molar-refractivity contribution in [1.82, 2.24) is 4.68 Å². The Morgan fingerprint density at radius 2 is 2.29 bits per heavy atom. The molecule has 0 aliphatic carbocycles. The summed E-state index contributed by atoms with van der Waals surface area (Å²) >= 11 is 3.36.